The predicted molar refractivity (Wildman–Crippen MR) is 110 cm³/mol. The van der Waals surface area contributed by atoms with Gasteiger partial charge in [0.1, 0.15) is 6.04 Å². The van der Waals surface area contributed by atoms with Crippen LogP contribution in [0.2, 0.25) is 0 Å². The molecule has 0 aliphatic carbocycles. The molecule has 0 fully saturated rings. The molecule has 1 aromatic heterocycles. The second-order valence-corrected chi connectivity index (χ2v) is 7.34. The monoisotopic (exact) mass is 417 g/mol. The maximum absolute atomic E-state index is 13.5. The van der Waals surface area contributed by atoms with Crippen molar-refractivity contribution in [3.63, 3.8) is 0 Å². The molecule has 1 atom stereocenters. The van der Waals surface area contributed by atoms with Gasteiger partial charge in [-0.2, -0.15) is 13.2 Å². The fraction of sp³-hybridized carbons (Fsp3) is 0.318. The third-order valence-corrected chi connectivity index (χ3v) is 5.06. The number of nitrogens with one attached hydrogen (secondary N) is 1. The summed E-state index contributed by atoms with van der Waals surface area (Å²) in [6.07, 6.45) is -4.81. The van der Waals surface area contributed by atoms with Gasteiger partial charge in [0.25, 0.3) is 5.56 Å². The van der Waals surface area contributed by atoms with Crippen LogP contribution in [-0.2, 0) is 11.0 Å². The average Bonchev–Trinajstić information content (AvgIpc) is 2.64. The Morgan fingerprint density at radius 2 is 1.80 bits per heavy atom. The SMILES string of the molecule is CC[C@H](C(=O)Nc1cccc(C)c1)n1c(=O)c(C(F)(F)F)nc2cc(C)c(C)cc21. The minimum atomic E-state index is -4.93. The van der Waals surface area contributed by atoms with Gasteiger partial charge in [-0.1, -0.05) is 19.1 Å². The summed E-state index contributed by atoms with van der Waals surface area (Å²) >= 11 is 0. The van der Waals surface area contributed by atoms with Crippen LogP contribution in [0.15, 0.2) is 41.2 Å². The summed E-state index contributed by atoms with van der Waals surface area (Å²) in [4.78, 5) is 29.4. The van der Waals surface area contributed by atoms with Crippen molar-refractivity contribution in [2.24, 2.45) is 0 Å². The summed E-state index contributed by atoms with van der Waals surface area (Å²) < 4.78 is 41.5. The van der Waals surface area contributed by atoms with Gasteiger partial charge < -0.3 is 5.32 Å². The van der Waals surface area contributed by atoms with Crippen molar-refractivity contribution >= 4 is 22.6 Å². The van der Waals surface area contributed by atoms with Crippen LogP contribution < -0.4 is 10.9 Å². The Hall–Kier alpha value is -3.16. The number of amides is 1. The maximum Gasteiger partial charge on any atom is 0.438 e. The van der Waals surface area contributed by atoms with Crippen LogP contribution in [0.4, 0.5) is 18.9 Å². The average molecular weight is 417 g/mol. The molecule has 30 heavy (non-hydrogen) atoms. The van der Waals surface area contributed by atoms with Gasteiger partial charge in [0, 0.05) is 5.69 Å². The lowest BCUT2D eigenvalue weighted by molar-refractivity contribution is -0.142. The minimum absolute atomic E-state index is 0.0202. The molecule has 1 N–H and O–H groups in total. The maximum atomic E-state index is 13.5. The molecule has 2 aromatic carbocycles. The molecule has 1 amide bonds. The topological polar surface area (TPSA) is 64.0 Å². The molecule has 3 aromatic rings. The van der Waals surface area contributed by atoms with Gasteiger partial charge in [0.2, 0.25) is 11.6 Å². The highest BCUT2D eigenvalue weighted by molar-refractivity contribution is 5.94. The standard InChI is InChI=1S/C22H22F3N3O2/c1-5-17(20(29)26-15-8-6-7-12(2)9-15)28-18-11-14(4)13(3)10-16(18)27-19(21(28)30)22(23,24)25/h6-11,17H,5H2,1-4H3,(H,26,29)/t17-/m1/s1. The number of rotatable bonds is 4. The zero-order chi connectivity index (χ0) is 22.2. The number of fused-ring (bicyclic) bond motifs is 1. The van der Waals surface area contributed by atoms with E-state index in [1.54, 1.807) is 45.0 Å². The Kier molecular flexibility index (Phi) is 5.70. The van der Waals surface area contributed by atoms with Gasteiger partial charge in [-0.25, -0.2) is 4.98 Å². The van der Waals surface area contributed by atoms with E-state index in [1.807, 2.05) is 13.0 Å². The van der Waals surface area contributed by atoms with E-state index in [9.17, 15) is 22.8 Å². The molecular formula is C22H22F3N3O2. The molecule has 158 valence electrons. The molecule has 0 saturated heterocycles. The van der Waals surface area contributed by atoms with Crippen LogP contribution in [0, 0.1) is 20.8 Å². The van der Waals surface area contributed by atoms with E-state index >= 15 is 0 Å². The number of aryl methyl sites for hydroxylation is 3. The molecule has 0 spiro atoms. The zero-order valence-electron chi connectivity index (χ0n) is 17.1. The van der Waals surface area contributed by atoms with Gasteiger partial charge in [-0.05, 0) is 68.1 Å². The van der Waals surface area contributed by atoms with Crippen LogP contribution in [0.5, 0.6) is 0 Å². The number of alkyl halides is 3. The summed E-state index contributed by atoms with van der Waals surface area (Å²) in [5, 5.41) is 2.71. The fourth-order valence-electron chi connectivity index (χ4n) is 3.39. The number of benzene rings is 2. The summed E-state index contributed by atoms with van der Waals surface area (Å²) in [7, 11) is 0. The molecule has 5 nitrogen and oxygen atoms in total. The van der Waals surface area contributed by atoms with Crippen molar-refractivity contribution < 1.29 is 18.0 Å². The molecule has 0 bridgehead atoms. The number of carbonyl (C=O) groups is 1. The van der Waals surface area contributed by atoms with E-state index in [-0.39, 0.29) is 17.5 Å². The van der Waals surface area contributed by atoms with Gasteiger partial charge >= 0.3 is 6.18 Å². The lowest BCUT2D eigenvalue weighted by Gasteiger charge is -2.22. The molecule has 0 unspecified atom stereocenters. The first kappa shape index (κ1) is 21.5. The third kappa shape index (κ3) is 4.08. The summed E-state index contributed by atoms with van der Waals surface area (Å²) in [6, 6.07) is 9.00. The van der Waals surface area contributed by atoms with Gasteiger partial charge in [0.15, 0.2) is 0 Å². The Labute approximate surface area is 171 Å². The summed E-state index contributed by atoms with van der Waals surface area (Å²) in [5.74, 6) is -0.566. The van der Waals surface area contributed by atoms with Crippen molar-refractivity contribution in [3.05, 3.63) is 69.1 Å². The van der Waals surface area contributed by atoms with Crippen LogP contribution >= 0.6 is 0 Å². The van der Waals surface area contributed by atoms with E-state index in [0.29, 0.717) is 5.69 Å². The van der Waals surface area contributed by atoms with Gasteiger partial charge in [0.05, 0.1) is 11.0 Å². The predicted octanol–water partition coefficient (Wildman–Crippen LogP) is 4.93. The molecule has 0 aliphatic rings. The molecule has 3 rings (SSSR count). The zero-order valence-corrected chi connectivity index (χ0v) is 17.1. The number of hydrogen-bond acceptors (Lipinski definition) is 3. The first-order valence-corrected chi connectivity index (χ1v) is 9.51. The Bertz CT molecular complexity index is 1180. The quantitative estimate of drug-likeness (QED) is 0.655. The lowest BCUT2D eigenvalue weighted by Crippen LogP contribution is -2.37. The van der Waals surface area contributed by atoms with Crippen molar-refractivity contribution in [3.8, 4) is 0 Å². The van der Waals surface area contributed by atoms with Gasteiger partial charge in [-0.3, -0.25) is 14.2 Å². The largest absolute Gasteiger partial charge is 0.438 e. The number of hydrogen-bond donors (Lipinski definition) is 1. The Balaban J connectivity index is 2.22. The first-order chi connectivity index (χ1) is 14.0. The number of nitrogens with zero attached hydrogens (tertiary/aromatic N) is 2. The molecule has 8 heteroatoms. The van der Waals surface area contributed by atoms with E-state index in [1.165, 1.54) is 6.07 Å². The normalized spacial score (nSPS) is 12.8. The van der Waals surface area contributed by atoms with Crippen molar-refractivity contribution in [1.29, 1.82) is 0 Å². The van der Waals surface area contributed by atoms with Crippen molar-refractivity contribution in [2.75, 3.05) is 5.32 Å². The van der Waals surface area contributed by atoms with Gasteiger partial charge in [-0.15, -0.1) is 0 Å². The smallest absolute Gasteiger partial charge is 0.324 e. The van der Waals surface area contributed by atoms with E-state index < -0.39 is 29.4 Å². The Morgan fingerprint density at radius 3 is 2.40 bits per heavy atom. The number of aromatic nitrogens is 2. The second-order valence-electron chi connectivity index (χ2n) is 7.34. The van der Waals surface area contributed by atoms with Crippen LogP contribution in [0.3, 0.4) is 0 Å². The highest BCUT2D eigenvalue weighted by atomic mass is 19.4. The molecular weight excluding hydrogens is 395 g/mol. The van der Waals surface area contributed by atoms with Crippen molar-refractivity contribution in [1.82, 2.24) is 9.55 Å². The van der Waals surface area contributed by atoms with Crippen LogP contribution in [0.25, 0.3) is 11.0 Å². The highest BCUT2D eigenvalue weighted by Crippen LogP contribution is 2.29. The molecule has 0 radical (unpaired) electrons. The first-order valence-electron chi connectivity index (χ1n) is 9.51. The van der Waals surface area contributed by atoms with E-state index in [2.05, 4.69) is 10.3 Å². The number of halogens is 3. The molecule has 1 heterocycles. The Morgan fingerprint density at radius 1 is 1.13 bits per heavy atom. The van der Waals surface area contributed by atoms with Crippen LogP contribution in [0.1, 0.15) is 41.8 Å². The van der Waals surface area contributed by atoms with Crippen LogP contribution in [-0.4, -0.2) is 15.5 Å². The lowest BCUT2D eigenvalue weighted by atomic mass is 10.1. The van der Waals surface area contributed by atoms with E-state index in [0.717, 1.165) is 21.3 Å². The third-order valence-electron chi connectivity index (χ3n) is 5.06. The summed E-state index contributed by atoms with van der Waals surface area (Å²) in [5.41, 5.74) is 0.307. The minimum Gasteiger partial charge on any atom is -0.324 e. The molecule has 0 aliphatic heterocycles. The fourth-order valence-corrected chi connectivity index (χ4v) is 3.39. The van der Waals surface area contributed by atoms with Crippen molar-refractivity contribution in [2.45, 2.75) is 46.3 Å². The van der Waals surface area contributed by atoms with E-state index in [4.69, 9.17) is 0 Å². The second kappa shape index (κ2) is 7.93. The number of anilines is 1. The highest BCUT2D eigenvalue weighted by Gasteiger charge is 2.38. The number of carbonyl (C=O) groups excluding carboxylic acids is 1. The summed E-state index contributed by atoms with van der Waals surface area (Å²) in [6.45, 7) is 7.04. The molecule has 0 saturated carbocycles.